The second-order valence-electron chi connectivity index (χ2n) is 7.24. The lowest BCUT2D eigenvalue weighted by Gasteiger charge is -2.35. The molecule has 0 aliphatic carbocycles. The van der Waals surface area contributed by atoms with Crippen LogP contribution in [0.15, 0.2) is 33.8 Å². The highest BCUT2D eigenvalue weighted by atomic mass is 79.9. The molecule has 1 amide bonds. The minimum Gasteiger partial charge on any atom is -0.339 e. The molecule has 1 saturated heterocycles. The van der Waals surface area contributed by atoms with E-state index in [0.717, 1.165) is 37.2 Å². The number of benzene rings is 1. The van der Waals surface area contributed by atoms with E-state index in [-0.39, 0.29) is 18.0 Å². The van der Waals surface area contributed by atoms with Gasteiger partial charge in [0.05, 0.1) is 17.2 Å². The second-order valence-corrected chi connectivity index (χ2v) is 8.16. The molecule has 1 aliphatic heterocycles. The molecule has 2 aromatic rings. The predicted molar refractivity (Wildman–Crippen MR) is 106 cm³/mol. The van der Waals surface area contributed by atoms with Gasteiger partial charge in [0.15, 0.2) is 0 Å². The van der Waals surface area contributed by atoms with Crippen LogP contribution in [0.1, 0.15) is 20.3 Å². The third-order valence-electron chi connectivity index (χ3n) is 4.84. The van der Waals surface area contributed by atoms with Gasteiger partial charge < -0.3 is 4.90 Å². The summed E-state index contributed by atoms with van der Waals surface area (Å²) in [6.07, 6.45) is 2.65. The monoisotopic (exact) mass is 420 g/mol. The molecule has 7 heteroatoms. The van der Waals surface area contributed by atoms with Gasteiger partial charge in [0.1, 0.15) is 6.54 Å². The SMILES string of the molecule is CC(C)CCN1CCN(C(=O)Cn2cnc3ccc(Br)cc3c2=O)CC1. The van der Waals surface area contributed by atoms with E-state index in [1.54, 1.807) is 12.1 Å². The van der Waals surface area contributed by atoms with Crippen LogP contribution in [0.5, 0.6) is 0 Å². The van der Waals surface area contributed by atoms with E-state index in [9.17, 15) is 9.59 Å². The molecule has 0 bridgehead atoms. The van der Waals surface area contributed by atoms with Gasteiger partial charge in [-0.2, -0.15) is 0 Å². The Bertz CT molecular complexity index is 841. The van der Waals surface area contributed by atoms with Crippen LogP contribution in [0.3, 0.4) is 0 Å². The summed E-state index contributed by atoms with van der Waals surface area (Å²) < 4.78 is 2.23. The standard InChI is InChI=1S/C19H25BrN4O2/c1-14(2)5-6-22-7-9-23(10-8-22)18(25)12-24-13-21-17-4-3-15(20)11-16(17)19(24)26/h3-4,11,13-14H,5-10,12H2,1-2H3. The van der Waals surface area contributed by atoms with Crippen molar-refractivity contribution >= 4 is 32.7 Å². The first-order valence-corrected chi connectivity index (χ1v) is 9.88. The van der Waals surface area contributed by atoms with Crippen LogP contribution in [0.2, 0.25) is 0 Å². The molecule has 0 atom stereocenters. The van der Waals surface area contributed by atoms with Gasteiger partial charge in [0.2, 0.25) is 5.91 Å². The first kappa shape index (κ1) is 19.0. The summed E-state index contributed by atoms with van der Waals surface area (Å²) >= 11 is 3.38. The van der Waals surface area contributed by atoms with E-state index in [1.807, 2.05) is 11.0 Å². The molecule has 1 aliphatic rings. The van der Waals surface area contributed by atoms with E-state index in [0.29, 0.717) is 16.8 Å². The molecule has 3 rings (SSSR count). The smallest absolute Gasteiger partial charge is 0.261 e. The molecule has 0 spiro atoms. The Labute approximate surface area is 161 Å². The largest absolute Gasteiger partial charge is 0.339 e. The van der Waals surface area contributed by atoms with Crippen LogP contribution < -0.4 is 5.56 Å². The molecular formula is C19H25BrN4O2. The number of nitrogens with zero attached hydrogens (tertiary/aromatic N) is 4. The maximum atomic E-state index is 12.6. The van der Waals surface area contributed by atoms with Crippen molar-refractivity contribution < 1.29 is 4.79 Å². The van der Waals surface area contributed by atoms with Gasteiger partial charge >= 0.3 is 0 Å². The van der Waals surface area contributed by atoms with E-state index in [1.165, 1.54) is 17.3 Å². The summed E-state index contributed by atoms with van der Waals surface area (Å²) in [5, 5.41) is 0.521. The number of halogens is 1. The summed E-state index contributed by atoms with van der Waals surface area (Å²) in [6.45, 7) is 8.83. The van der Waals surface area contributed by atoms with Gasteiger partial charge in [0, 0.05) is 30.7 Å². The third-order valence-corrected chi connectivity index (χ3v) is 5.33. The summed E-state index contributed by atoms with van der Waals surface area (Å²) in [6, 6.07) is 5.39. The number of hydrogen-bond donors (Lipinski definition) is 0. The van der Waals surface area contributed by atoms with Crippen molar-refractivity contribution in [2.75, 3.05) is 32.7 Å². The highest BCUT2D eigenvalue weighted by molar-refractivity contribution is 9.10. The fourth-order valence-corrected chi connectivity index (χ4v) is 3.51. The van der Waals surface area contributed by atoms with Crippen LogP contribution >= 0.6 is 15.9 Å². The fourth-order valence-electron chi connectivity index (χ4n) is 3.15. The molecule has 0 unspecified atom stereocenters. The number of aromatic nitrogens is 2. The van der Waals surface area contributed by atoms with E-state index < -0.39 is 0 Å². The lowest BCUT2D eigenvalue weighted by molar-refractivity contribution is -0.133. The zero-order chi connectivity index (χ0) is 18.7. The van der Waals surface area contributed by atoms with Crippen molar-refractivity contribution in [2.45, 2.75) is 26.8 Å². The first-order valence-electron chi connectivity index (χ1n) is 9.09. The van der Waals surface area contributed by atoms with Gasteiger partial charge in [-0.25, -0.2) is 4.98 Å². The Morgan fingerprint density at radius 1 is 1.23 bits per heavy atom. The van der Waals surface area contributed by atoms with Gasteiger partial charge in [-0.05, 0) is 37.1 Å². The summed E-state index contributed by atoms with van der Waals surface area (Å²) in [5.74, 6) is 0.675. The van der Waals surface area contributed by atoms with Crippen molar-refractivity contribution in [2.24, 2.45) is 5.92 Å². The predicted octanol–water partition coefficient (Wildman–Crippen LogP) is 2.35. The first-order chi connectivity index (χ1) is 12.4. The number of amides is 1. The highest BCUT2D eigenvalue weighted by Crippen LogP contribution is 2.15. The van der Waals surface area contributed by atoms with Crippen LogP contribution in [-0.2, 0) is 11.3 Å². The molecule has 140 valence electrons. The minimum atomic E-state index is -0.180. The van der Waals surface area contributed by atoms with Gasteiger partial charge in [-0.15, -0.1) is 0 Å². The van der Waals surface area contributed by atoms with Crippen LogP contribution in [0, 0.1) is 5.92 Å². The molecule has 0 saturated carbocycles. The fraction of sp³-hybridized carbons (Fsp3) is 0.526. The third kappa shape index (κ3) is 4.51. The average Bonchev–Trinajstić information content (AvgIpc) is 2.63. The molecule has 0 N–H and O–H groups in total. The van der Waals surface area contributed by atoms with E-state index in [2.05, 4.69) is 39.7 Å². The zero-order valence-corrected chi connectivity index (χ0v) is 16.9. The highest BCUT2D eigenvalue weighted by Gasteiger charge is 2.21. The zero-order valence-electron chi connectivity index (χ0n) is 15.3. The summed E-state index contributed by atoms with van der Waals surface area (Å²) in [5.41, 5.74) is 0.459. The Balaban J connectivity index is 1.63. The number of carbonyl (C=O) groups is 1. The molecule has 0 radical (unpaired) electrons. The Morgan fingerprint density at radius 2 is 1.96 bits per heavy atom. The topological polar surface area (TPSA) is 58.4 Å². The molecule has 1 aromatic carbocycles. The lowest BCUT2D eigenvalue weighted by atomic mass is 10.1. The number of fused-ring (bicyclic) bond motifs is 1. The van der Waals surface area contributed by atoms with Gasteiger partial charge in [-0.1, -0.05) is 29.8 Å². The van der Waals surface area contributed by atoms with Crippen LogP contribution in [-0.4, -0.2) is 58.0 Å². The number of hydrogen-bond acceptors (Lipinski definition) is 4. The van der Waals surface area contributed by atoms with Crippen molar-refractivity contribution in [1.82, 2.24) is 19.4 Å². The van der Waals surface area contributed by atoms with Gasteiger partial charge in [-0.3, -0.25) is 19.1 Å². The van der Waals surface area contributed by atoms with E-state index >= 15 is 0 Å². The van der Waals surface area contributed by atoms with Crippen molar-refractivity contribution in [1.29, 1.82) is 0 Å². The van der Waals surface area contributed by atoms with Crippen LogP contribution in [0.4, 0.5) is 0 Å². The van der Waals surface area contributed by atoms with E-state index in [4.69, 9.17) is 0 Å². The molecule has 1 fully saturated rings. The van der Waals surface area contributed by atoms with Crippen molar-refractivity contribution in [3.63, 3.8) is 0 Å². The Hall–Kier alpha value is -1.73. The molecule has 2 heterocycles. The Kier molecular flexibility index (Phi) is 6.09. The van der Waals surface area contributed by atoms with Gasteiger partial charge in [0.25, 0.3) is 5.56 Å². The average molecular weight is 421 g/mol. The quantitative estimate of drug-likeness (QED) is 0.744. The number of carbonyl (C=O) groups excluding carboxylic acids is 1. The lowest BCUT2D eigenvalue weighted by Crippen LogP contribution is -2.50. The number of piperazine rings is 1. The maximum Gasteiger partial charge on any atom is 0.261 e. The molecular weight excluding hydrogens is 396 g/mol. The maximum absolute atomic E-state index is 12.6. The normalized spacial score (nSPS) is 15.8. The van der Waals surface area contributed by atoms with Crippen molar-refractivity contribution in [3.05, 3.63) is 39.4 Å². The van der Waals surface area contributed by atoms with Crippen LogP contribution in [0.25, 0.3) is 10.9 Å². The summed E-state index contributed by atoms with van der Waals surface area (Å²) in [7, 11) is 0. The second kappa shape index (κ2) is 8.31. The molecule has 6 nitrogen and oxygen atoms in total. The number of rotatable bonds is 5. The molecule has 1 aromatic heterocycles. The Morgan fingerprint density at radius 3 is 2.65 bits per heavy atom. The molecule has 26 heavy (non-hydrogen) atoms. The minimum absolute atomic E-state index is 0.0215. The van der Waals surface area contributed by atoms with Crippen molar-refractivity contribution in [3.8, 4) is 0 Å². The summed E-state index contributed by atoms with van der Waals surface area (Å²) in [4.78, 5) is 33.8.